The molecule has 0 radical (unpaired) electrons. The highest BCUT2D eigenvalue weighted by molar-refractivity contribution is 5.02. The zero-order valence-electron chi connectivity index (χ0n) is 61.3. The fourth-order valence-electron chi connectivity index (χ4n) is 25.7. The van der Waals surface area contributed by atoms with Gasteiger partial charge in [-0.1, -0.05) is 182 Å². The van der Waals surface area contributed by atoms with Crippen molar-refractivity contribution in [2.45, 2.75) is 400 Å². The Morgan fingerprint density at radius 3 is 1.04 bits per heavy atom. The van der Waals surface area contributed by atoms with Crippen molar-refractivity contribution in [2.75, 3.05) is 0 Å². The maximum atomic E-state index is 2.49. The van der Waals surface area contributed by atoms with Crippen molar-refractivity contribution in [3.63, 3.8) is 0 Å². The molecule has 0 aromatic carbocycles. The second-order valence-corrected chi connectivity index (χ2v) is 40.8. The number of hydrogen-bond acceptors (Lipinski definition) is 0. The Labute approximate surface area is 534 Å². The van der Waals surface area contributed by atoms with Crippen LogP contribution < -0.4 is 0 Å². The SMILES string of the molecule is CC1C2CCC(CC2)[C@H]1C.CC1CCC2(CC1)CC(C)(C)CC(C)(C)C2.CC1CCC2(CC1)CCC(C)(C)CC2.CC1CCC2(CCCCC2)CC1.CCC12CC3CC(CC(C3)C1)C2.C[C@@H]1C2CCC(CC2)C1(C)C.C[C@H]1CC2CCC1(C)CC2. The van der Waals surface area contributed by atoms with Gasteiger partial charge in [0.1, 0.15) is 0 Å². The molecule has 19 fully saturated rings. The van der Waals surface area contributed by atoms with Gasteiger partial charge in [0.05, 0.1) is 0 Å². The molecule has 19 aliphatic carbocycles. The van der Waals surface area contributed by atoms with E-state index in [0.29, 0.717) is 27.1 Å². The van der Waals surface area contributed by atoms with E-state index in [2.05, 4.69) is 118 Å². The normalized spacial score (nSPS) is 43.1. The molecule has 0 amide bonds. The van der Waals surface area contributed by atoms with Crippen molar-refractivity contribution >= 4 is 0 Å². The predicted molar refractivity (Wildman–Crippen MR) is 374 cm³/mol. The van der Waals surface area contributed by atoms with E-state index in [0.717, 1.165) is 110 Å². The van der Waals surface area contributed by atoms with Crippen LogP contribution in [0.1, 0.15) is 400 Å². The largest absolute Gasteiger partial charge is 0.0649 e. The van der Waals surface area contributed by atoms with Crippen molar-refractivity contribution < 1.29 is 0 Å². The molecule has 0 aliphatic heterocycles. The molecule has 10 bridgehead atoms. The highest BCUT2D eigenvalue weighted by Gasteiger charge is 2.51. The Bertz CT molecular complexity index is 1870. The van der Waals surface area contributed by atoms with Gasteiger partial charge in [0.15, 0.2) is 0 Å². The van der Waals surface area contributed by atoms with Crippen LogP contribution >= 0.6 is 0 Å². The van der Waals surface area contributed by atoms with E-state index >= 15 is 0 Å². The molecule has 0 aromatic rings. The van der Waals surface area contributed by atoms with Crippen LogP contribution in [0.15, 0.2) is 0 Å². The molecule has 0 nitrogen and oxygen atoms in total. The zero-order chi connectivity index (χ0) is 61.3. The lowest BCUT2D eigenvalue weighted by Crippen LogP contribution is -2.45. The summed E-state index contributed by atoms with van der Waals surface area (Å²) in [4.78, 5) is 0. The summed E-state index contributed by atoms with van der Waals surface area (Å²) in [5.41, 5.74) is 6.37. The van der Waals surface area contributed by atoms with Crippen molar-refractivity contribution in [1.82, 2.24) is 0 Å². The van der Waals surface area contributed by atoms with Crippen molar-refractivity contribution in [1.29, 1.82) is 0 Å². The van der Waals surface area contributed by atoms with Gasteiger partial charge in [0.25, 0.3) is 0 Å². The minimum atomic E-state index is 0.572. The average molecular weight is 1180 g/mol. The monoisotopic (exact) mass is 1180 g/mol. The van der Waals surface area contributed by atoms with Crippen LogP contribution in [0.25, 0.3) is 0 Å². The molecule has 19 rings (SSSR count). The van der Waals surface area contributed by atoms with Crippen LogP contribution in [0, 0.1) is 138 Å². The van der Waals surface area contributed by atoms with Crippen LogP contribution in [0.2, 0.25) is 0 Å². The van der Waals surface area contributed by atoms with Gasteiger partial charge in [-0.05, 0) is 356 Å². The Kier molecular flexibility index (Phi) is 23.1. The van der Waals surface area contributed by atoms with E-state index in [4.69, 9.17) is 0 Å². The predicted octanol–water partition coefficient (Wildman–Crippen LogP) is 27.7. The van der Waals surface area contributed by atoms with E-state index in [9.17, 15) is 0 Å². The van der Waals surface area contributed by atoms with E-state index in [1.165, 1.54) is 218 Å². The van der Waals surface area contributed by atoms with E-state index in [-0.39, 0.29) is 0 Å². The lowest BCUT2D eigenvalue weighted by atomic mass is 9.49. The van der Waals surface area contributed by atoms with Gasteiger partial charge >= 0.3 is 0 Å². The summed E-state index contributed by atoms with van der Waals surface area (Å²) in [6.07, 6.45) is 67.1. The zero-order valence-corrected chi connectivity index (χ0v) is 61.3. The molecule has 0 N–H and O–H groups in total. The minimum Gasteiger partial charge on any atom is -0.0649 e. The Hall–Kier alpha value is 0. The van der Waals surface area contributed by atoms with Gasteiger partial charge in [-0.2, -0.15) is 0 Å². The third kappa shape index (κ3) is 17.8. The van der Waals surface area contributed by atoms with E-state index in [1.807, 2.05) is 0 Å². The third-order valence-electron chi connectivity index (χ3n) is 32.1. The Balaban J connectivity index is 0.000000119. The molecule has 494 valence electrons. The summed E-state index contributed by atoms with van der Waals surface area (Å²) < 4.78 is 0. The Morgan fingerprint density at radius 2 is 0.706 bits per heavy atom. The van der Waals surface area contributed by atoms with Crippen molar-refractivity contribution in [3.05, 3.63) is 0 Å². The Morgan fingerprint density at radius 1 is 0.318 bits per heavy atom. The highest BCUT2D eigenvalue weighted by Crippen LogP contribution is 2.63. The van der Waals surface area contributed by atoms with Crippen molar-refractivity contribution in [2.24, 2.45) is 138 Å². The standard InChI is InChI=1S/C16H30.C14H26.C12H20.C12H22.C11H20.2C10H18/c1-13-6-8-16(9-7-13)11-14(2,3)10-15(4,5)12-16;1-12-4-6-14(7-5-12)10-8-13(2,3)9-11-14;1-2-12-6-9-3-10(7-12)5-11(4-9)8-12;1-11-5-9-12(10-6-11)7-3-2-4-8-12;1-8-9-4-6-10(7-5-9)11(8,2)3;1-8-7-9-3-5-10(8,2)6-4-9;1-7-8(2)10-5-3-9(7)4-6-10/h13H,6-12H2,1-5H3;12H,4-11H2,1-3H3;9-11H,2-8H2,1H3;11H,2-10H2,1H3;8-10H,4-7H2,1-3H3;8-9H,3-7H2,1-2H3;7-10H,3-6H2,1-2H3/t;;;;2*8-,9?,10?;7-,8?,9?,10?/m....100/s1. The summed E-state index contributed by atoms with van der Waals surface area (Å²) in [7, 11) is 0. The lowest BCUT2D eigenvalue weighted by molar-refractivity contribution is -0.0545. The first-order chi connectivity index (χ1) is 40.0. The molecule has 19 saturated carbocycles. The molecule has 0 aromatic heterocycles. The summed E-state index contributed by atoms with van der Waals surface area (Å²) in [5, 5.41) is 0. The molecule has 0 heterocycles. The lowest BCUT2D eigenvalue weighted by Gasteiger charge is -2.56. The second kappa shape index (κ2) is 28.3. The molecule has 0 heteroatoms. The van der Waals surface area contributed by atoms with Gasteiger partial charge in [-0.15, -0.1) is 0 Å². The molecule has 0 saturated heterocycles. The first-order valence-corrected chi connectivity index (χ1v) is 40.0. The van der Waals surface area contributed by atoms with E-state index in [1.54, 1.807) is 64.2 Å². The average Bonchev–Trinajstić information content (AvgIpc) is 3.40. The topological polar surface area (TPSA) is 0 Å². The third-order valence-corrected chi connectivity index (χ3v) is 32.1. The van der Waals surface area contributed by atoms with Gasteiger partial charge in [-0.25, -0.2) is 0 Å². The highest BCUT2D eigenvalue weighted by atomic mass is 14.6. The van der Waals surface area contributed by atoms with Crippen LogP contribution in [0.4, 0.5) is 0 Å². The maximum absolute atomic E-state index is 2.49. The van der Waals surface area contributed by atoms with Crippen LogP contribution in [0.3, 0.4) is 0 Å². The molecule has 1 unspecified atom stereocenters. The smallest absolute Gasteiger partial charge is 0.0287 e. The molecule has 19 aliphatic rings. The second-order valence-electron chi connectivity index (χ2n) is 40.8. The van der Waals surface area contributed by atoms with Crippen LogP contribution in [-0.2, 0) is 0 Å². The van der Waals surface area contributed by atoms with Gasteiger partial charge in [-0.3, -0.25) is 0 Å². The van der Waals surface area contributed by atoms with E-state index < -0.39 is 0 Å². The van der Waals surface area contributed by atoms with Gasteiger partial charge in [0, 0.05) is 0 Å². The maximum Gasteiger partial charge on any atom is -0.0287 e. The van der Waals surface area contributed by atoms with Crippen molar-refractivity contribution in [3.8, 4) is 0 Å². The minimum absolute atomic E-state index is 0.572. The summed E-state index contributed by atoms with van der Waals surface area (Å²) in [6, 6.07) is 0. The molecular weight excluding hydrogens is 1020 g/mol. The fourth-order valence-corrected chi connectivity index (χ4v) is 25.7. The molecule has 3 spiro atoms. The molecule has 85 heavy (non-hydrogen) atoms. The van der Waals surface area contributed by atoms with Gasteiger partial charge in [0.2, 0.25) is 0 Å². The summed E-state index contributed by atoms with van der Waals surface area (Å²) in [6.45, 7) is 41.9. The molecule has 4 atom stereocenters. The first kappa shape index (κ1) is 69.3. The fraction of sp³-hybridized carbons (Fsp3) is 1.00. The first-order valence-electron chi connectivity index (χ1n) is 40.0. The van der Waals surface area contributed by atoms with Crippen LogP contribution in [-0.4, -0.2) is 0 Å². The quantitative estimate of drug-likeness (QED) is 0.245. The number of fused-ring (bicyclic) bond motifs is 9. The summed E-state index contributed by atoms with van der Waals surface area (Å²) in [5.74, 6) is 15.9. The van der Waals surface area contributed by atoms with Crippen LogP contribution in [0.5, 0.6) is 0 Å². The number of rotatable bonds is 1. The van der Waals surface area contributed by atoms with Gasteiger partial charge < -0.3 is 0 Å². The number of hydrogen-bond donors (Lipinski definition) is 0. The molecular formula is C85H154. The summed E-state index contributed by atoms with van der Waals surface area (Å²) >= 11 is 0.